The first-order valence-electron chi connectivity index (χ1n) is 6.72. The molecule has 2 N–H and O–H groups in total. The van der Waals surface area contributed by atoms with Crippen LogP contribution in [0.15, 0.2) is 24.3 Å². The van der Waals surface area contributed by atoms with Gasteiger partial charge in [0, 0.05) is 18.7 Å². The monoisotopic (exact) mass is 259 g/mol. The average molecular weight is 259 g/mol. The number of β-amino-alcohol motifs (C(OH)–C–C–N with tert-alkyl or cyclic N) is 1. The molecule has 0 saturated carbocycles. The fraction of sp³-hybridized carbons (Fsp3) is 0.500. The van der Waals surface area contributed by atoms with Crippen molar-refractivity contribution in [1.82, 2.24) is 4.90 Å². The lowest BCUT2D eigenvalue weighted by Gasteiger charge is -2.36. The van der Waals surface area contributed by atoms with Crippen LogP contribution in [0.5, 0.6) is 0 Å². The first-order valence-corrected chi connectivity index (χ1v) is 6.72. The van der Waals surface area contributed by atoms with Gasteiger partial charge in [-0.25, -0.2) is 0 Å². The summed E-state index contributed by atoms with van der Waals surface area (Å²) < 4.78 is 0. The second-order valence-electron chi connectivity index (χ2n) is 5.47. The minimum Gasteiger partial charge on any atom is -0.389 e. The Hall–Kier alpha value is -1.34. The van der Waals surface area contributed by atoms with Crippen molar-refractivity contribution < 1.29 is 10.2 Å². The molecule has 102 valence electrons. The molecular formula is C16H21NO2. The summed E-state index contributed by atoms with van der Waals surface area (Å²) in [5.41, 5.74) is 1.56. The van der Waals surface area contributed by atoms with E-state index in [4.69, 9.17) is 5.11 Å². The second kappa shape index (κ2) is 6.21. The van der Waals surface area contributed by atoms with E-state index in [0.717, 1.165) is 38.0 Å². The maximum absolute atomic E-state index is 10.1. The van der Waals surface area contributed by atoms with Crippen molar-refractivity contribution in [2.75, 3.05) is 19.7 Å². The van der Waals surface area contributed by atoms with E-state index in [1.54, 1.807) is 0 Å². The predicted octanol–water partition coefficient (Wildman–Crippen LogP) is 1.38. The van der Waals surface area contributed by atoms with Crippen molar-refractivity contribution in [3.8, 4) is 11.8 Å². The van der Waals surface area contributed by atoms with E-state index in [-0.39, 0.29) is 6.61 Å². The molecule has 0 bridgehead atoms. The van der Waals surface area contributed by atoms with Crippen LogP contribution < -0.4 is 0 Å². The lowest BCUT2D eigenvalue weighted by Crippen LogP contribution is -2.45. The number of nitrogens with zero attached hydrogens (tertiary/aromatic N) is 1. The van der Waals surface area contributed by atoms with Gasteiger partial charge in [-0.05, 0) is 44.0 Å². The standard InChI is InChI=1S/C16H21NO2/c1-16(19)8-4-9-17(13-16)12-15-6-2-5-14(11-15)7-3-10-18/h2,5-6,11,18-19H,4,8-10,12-13H2,1H3. The zero-order valence-corrected chi connectivity index (χ0v) is 11.4. The van der Waals surface area contributed by atoms with Crippen LogP contribution in [0.4, 0.5) is 0 Å². The third-order valence-electron chi connectivity index (χ3n) is 3.40. The fourth-order valence-electron chi connectivity index (χ4n) is 2.61. The van der Waals surface area contributed by atoms with Gasteiger partial charge in [0.2, 0.25) is 0 Å². The lowest BCUT2D eigenvalue weighted by atomic mass is 9.95. The molecule has 0 amide bonds. The van der Waals surface area contributed by atoms with E-state index < -0.39 is 5.60 Å². The SMILES string of the molecule is CC1(O)CCCN(Cc2cccc(C#CCO)c2)C1. The molecule has 1 saturated heterocycles. The quantitative estimate of drug-likeness (QED) is 0.789. The molecule has 0 radical (unpaired) electrons. The van der Waals surface area contributed by atoms with Crippen LogP contribution in [0.1, 0.15) is 30.9 Å². The highest BCUT2D eigenvalue weighted by Gasteiger charge is 2.28. The lowest BCUT2D eigenvalue weighted by molar-refractivity contribution is -0.0181. The summed E-state index contributed by atoms with van der Waals surface area (Å²) in [7, 11) is 0. The van der Waals surface area contributed by atoms with Crippen LogP contribution in [0.2, 0.25) is 0 Å². The van der Waals surface area contributed by atoms with E-state index in [1.165, 1.54) is 5.56 Å². The van der Waals surface area contributed by atoms with Gasteiger partial charge in [0.15, 0.2) is 0 Å². The Morgan fingerprint density at radius 3 is 3.00 bits per heavy atom. The number of benzene rings is 1. The number of hydrogen-bond donors (Lipinski definition) is 2. The summed E-state index contributed by atoms with van der Waals surface area (Å²) in [6, 6.07) is 8.05. The van der Waals surface area contributed by atoms with Gasteiger partial charge < -0.3 is 10.2 Å². The molecule has 3 heteroatoms. The Labute approximate surface area is 114 Å². The third-order valence-corrected chi connectivity index (χ3v) is 3.40. The number of aliphatic hydroxyl groups excluding tert-OH is 1. The Kier molecular flexibility index (Phi) is 4.60. The Bertz CT molecular complexity index is 485. The Morgan fingerprint density at radius 2 is 2.26 bits per heavy atom. The molecule has 1 aliphatic rings. The Morgan fingerprint density at radius 1 is 1.42 bits per heavy atom. The maximum atomic E-state index is 10.1. The van der Waals surface area contributed by atoms with E-state index >= 15 is 0 Å². The van der Waals surface area contributed by atoms with Gasteiger partial charge in [0.1, 0.15) is 6.61 Å². The van der Waals surface area contributed by atoms with Gasteiger partial charge in [0.05, 0.1) is 5.60 Å². The third kappa shape index (κ3) is 4.36. The van der Waals surface area contributed by atoms with Gasteiger partial charge in [-0.1, -0.05) is 24.0 Å². The van der Waals surface area contributed by atoms with Crippen LogP contribution in [0.25, 0.3) is 0 Å². The van der Waals surface area contributed by atoms with Crippen molar-refractivity contribution >= 4 is 0 Å². The highest BCUT2D eigenvalue weighted by atomic mass is 16.3. The van der Waals surface area contributed by atoms with Crippen LogP contribution in [0.3, 0.4) is 0 Å². The molecule has 2 rings (SSSR count). The van der Waals surface area contributed by atoms with E-state index in [2.05, 4.69) is 22.8 Å². The van der Waals surface area contributed by atoms with Crippen molar-refractivity contribution in [3.63, 3.8) is 0 Å². The smallest absolute Gasteiger partial charge is 0.104 e. The molecule has 19 heavy (non-hydrogen) atoms. The molecule has 1 aromatic carbocycles. The van der Waals surface area contributed by atoms with Crippen LogP contribution in [-0.2, 0) is 6.54 Å². The zero-order chi connectivity index (χ0) is 13.7. The molecule has 0 aromatic heterocycles. The van der Waals surface area contributed by atoms with Gasteiger partial charge in [0.25, 0.3) is 0 Å². The number of piperidine rings is 1. The number of aliphatic hydroxyl groups is 2. The minimum atomic E-state index is -0.563. The normalized spacial score (nSPS) is 23.7. The fourth-order valence-corrected chi connectivity index (χ4v) is 2.61. The summed E-state index contributed by atoms with van der Waals surface area (Å²) >= 11 is 0. The van der Waals surface area contributed by atoms with E-state index in [0.29, 0.717) is 0 Å². The van der Waals surface area contributed by atoms with Gasteiger partial charge >= 0.3 is 0 Å². The van der Waals surface area contributed by atoms with Gasteiger partial charge in [-0.3, -0.25) is 4.90 Å². The zero-order valence-electron chi connectivity index (χ0n) is 11.4. The van der Waals surface area contributed by atoms with Gasteiger partial charge in [-0.15, -0.1) is 0 Å². The summed E-state index contributed by atoms with van der Waals surface area (Å²) in [6.45, 7) is 4.38. The van der Waals surface area contributed by atoms with Crippen LogP contribution in [-0.4, -0.2) is 40.4 Å². The molecular weight excluding hydrogens is 238 g/mol. The molecule has 3 nitrogen and oxygen atoms in total. The number of likely N-dealkylation sites (tertiary alicyclic amines) is 1. The first-order chi connectivity index (χ1) is 9.09. The molecule has 0 spiro atoms. The number of rotatable bonds is 2. The van der Waals surface area contributed by atoms with Crippen molar-refractivity contribution in [2.24, 2.45) is 0 Å². The molecule has 1 fully saturated rings. The average Bonchev–Trinajstić information content (AvgIpc) is 2.35. The summed E-state index contributed by atoms with van der Waals surface area (Å²) in [5, 5.41) is 18.8. The maximum Gasteiger partial charge on any atom is 0.104 e. The van der Waals surface area contributed by atoms with Gasteiger partial charge in [-0.2, -0.15) is 0 Å². The molecule has 1 unspecified atom stereocenters. The highest BCUT2D eigenvalue weighted by Crippen LogP contribution is 2.21. The molecule has 1 atom stereocenters. The predicted molar refractivity (Wildman–Crippen MR) is 75.5 cm³/mol. The summed E-state index contributed by atoms with van der Waals surface area (Å²) in [4.78, 5) is 2.28. The minimum absolute atomic E-state index is 0.112. The summed E-state index contributed by atoms with van der Waals surface area (Å²) in [6.07, 6.45) is 1.92. The number of hydrogen-bond acceptors (Lipinski definition) is 3. The molecule has 0 aliphatic carbocycles. The molecule has 1 aliphatic heterocycles. The van der Waals surface area contributed by atoms with Crippen molar-refractivity contribution in [1.29, 1.82) is 0 Å². The second-order valence-corrected chi connectivity index (χ2v) is 5.47. The Balaban J connectivity index is 2.02. The topological polar surface area (TPSA) is 43.7 Å². The van der Waals surface area contributed by atoms with Crippen molar-refractivity contribution in [2.45, 2.75) is 31.9 Å². The highest BCUT2D eigenvalue weighted by molar-refractivity contribution is 5.37. The molecule has 1 aromatic rings. The van der Waals surface area contributed by atoms with E-state index in [9.17, 15) is 5.11 Å². The van der Waals surface area contributed by atoms with E-state index in [1.807, 2.05) is 25.1 Å². The molecule has 1 heterocycles. The van der Waals surface area contributed by atoms with Crippen LogP contribution >= 0.6 is 0 Å². The van der Waals surface area contributed by atoms with Crippen LogP contribution in [0, 0.1) is 11.8 Å². The largest absolute Gasteiger partial charge is 0.389 e. The van der Waals surface area contributed by atoms with Crippen molar-refractivity contribution in [3.05, 3.63) is 35.4 Å². The first kappa shape index (κ1) is 14.1. The summed E-state index contributed by atoms with van der Waals surface area (Å²) in [5.74, 6) is 5.58.